The largest absolute Gasteiger partial charge is 0.493 e. The summed E-state index contributed by atoms with van der Waals surface area (Å²) in [5.74, 6) is 2.18. The first kappa shape index (κ1) is 23.4. The molecular weight excluding hydrogens is 424 g/mol. The molecule has 3 aromatic rings. The predicted octanol–water partition coefficient (Wildman–Crippen LogP) is 4.68. The van der Waals surface area contributed by atoms with Gasteiger partial charge >= 0.3 is 0 Å². The van der Waals surface area contributed by atoms with Crippen LogP contribution in [-0.2, 0) is 11.3 Å². The highest BCUT2D eigenvalue weighted by Gasteiger charge is 2.21. The van der Waals surface area contributed by atoms with E-state index in [9.17, 15) is 4.79 Å². The number of anilines is 1. The molecule has 0 saturated heterocycles. The van der Waals surface area contributed by atoms with Gasteiger partial charge in [-0.25, -0.2) is 0 Å². The quantitative estimate of drug-likeness (QED) is 0.329. The summed E-state index contributed by atoms with van der Waals surface area (Å²) in [5, 5.41) is 9.37. The Balaban J connectivity index is 1.84. The number of hydrogen-bond donors (Lipinski definition) is 0. The van der Waals surface area contributed by atoms with Crippen LogP contribution in [0.2, 0.25) is 0 Å². The second-order valence-corrected chi connectivity index (χ2v) is 8.20. The number of benzene rings is 2. The van der Waals surface area contributed by atoms with E-state index < -0.39 is 0 Å². The molecule has 3 rings (SSSR count). The number of methoxy groups -OCH3 is 2. The maximum atomic E-state index is 13.1. The minimum absolute atomic E-state index is 0.0111. The fraction of sp³-hybridized carbons (Fsp3) is 0.292. The van der Waals surface area contributed by atoms with Gasteiger partial charge in [-0.05, 0) is 44.2 Å². The summed E-state index contributed by atoms with van der Waals surface area (Å²) in [4.78, 5) is 14.9. The molecule has 7 nitrogen and oxygen atoms in total. The number of allylic oxidation sites excluding steroid dienone is 1. The van der Waals surface area contributed by atoms with Crippen molar-refractivity contribution >= 4 is 23.4 Å². The molecule has 0 saturated carbocycles. The Kier molecular flexibility index (Phi) is 7.94. The zero-order valence-corrected chi connectivity index (χ0v) is 19.6. The first-order valence-corrected chi connectivity index (χ1v) is 11.2. The van der Waals surface area contributed by atoms with Gasteiger partial charge in [0.1, 0.15) is 0 Å². The lowest BCUT2D eigenvalue weighted by molar-refractivity contribution is -0.116. The van der Waals surface area contributed by atoms with Crippen LogP contribution in [0.1, 0.15) is 13.8 Å². The number of nitrogens with zero attached hydrogens (tertiary/aromatic N) is 4. The lowest BCUT2D eigenvalue weighted by atomic mass is 10.2. The monoisotopic (exact) mass is 452 g/mol. The molecule has 0 radical (unpaired) electrons. The van der Waals surface area contributed by atoms with Crippen LogP contribution >= 0.6 is 11.8 Å². The number of amides is 1. The molecule has 1 heterocycles. The van der Waals surface area contributed by atoms with Crippen molar-refractivity contribution in [3.8, 4) is 22.9 Å². The van der Waals surface area contributed by atoms with Crippen molar-refractivity contribution in [2.45, 2.75) is 31.6 Å². The van der Waals surface area contributed by atoms with Crippen molar-refractivity contribution in [2.75, 3.05) is 24.9 Å². The van der Waals surface area contributed by atoms with Gasteiger partial charge in [-0.3, -0.25) is 9.36 Å². The molecule has 0 bridgehead atoms. The van der Waals surface area contributed by atoms with Crippen molar-refractivity contribution < 1.29 is 14.3 Å². The van der Waals surface area contributed by atoms with Crippen molar-refractivity contribution in [1.29, 1.82) is 0 Å². The van der Waals surface area contributed by atoms with Gasteiger partial charge in [-0.2, -0.15) is 0 Å². The third kappa shape index (κ3) is 5.13. The predicted molar refractivity (Wildman–Crippen MR) is 129 cm³/mol. The van der Waals surface area contributed by atoms with Gasteiger partial charge < -0.3 is 14.4 Å². The highest BCUT2D eigenvalue weighted by Crippen LogP contribution is 2.33. The van der Waals surface area contributed by atoms with Gasteiger partial charge in [0, 0.05) is 23.8 Å². The molecule has 0 N–H and O–H groups in total. The molecule has 1 amide bonds. The Morgan fingerprint density at radius 2 is 1.84 bits per heavy atom. The first-order valence-electron chi connectivity index (χ1n) is 10.3. The summed E-state index contributed by atoms with van der Waals surface area (Å²) in [5.41, 5.74) is 1.72. The fourth-order valence-electron chi connectivity index (χ4n) is 3.39. The summed E-state index contributed by atoms with van der Waals surface area (Å²) in [6, 6.07) is 15.3. The van der Waals surface area contributed by atoms with E-state index in [2.05, 4.69) is 16.8 Å². The van der Waals surface area contributed by atoms with E-state index in [1.807, 2.05) is 66.9 Å². The van der Waals surface area contributed by atoms with Crippen molar-refractivity contribution in [1.82, 2.24) is 14.8 Å². The number of hydrogen-bond acceptors (Lipinski definition) is 6. The molecule has 8 heteroatoms. The van der Waals surface area contributed by atoms with Crippen LogP contribution in [0.3, 0.4) is 0 Å². The molecule has 0 aliphatic rings. The lowest BCUT2D eigenvalue weighted by Gasteiger charge is -2.26. The van der Waals surface area contributed by atoms with E-state index >= 15 is 0 Å². The van der Waals surface area contributed by atoms with Crippen LogP contribution in [0, 0.1) is 0 Å². The topological polar surface area (TPSA) is 69.5 Å². The number of thioether (sulfide) groups is 1. The SMILES string of the molecule is C=CCn1c(SCC(=O)N(c2ccccc2)C(C)C)nnc1-c1ccc(OC)c(OC)c1. The van der Waals surface area contributed by atoms with Crippen molar-refractivity contribution in [2.24, 2.45) is 0 Å². The molecule has 0 spiro atoms. The van der Waals surface area contributed by atoms with E-state index in [-0.39, 0.29) is 17.7 Å². The Morgan fingerprint density at radius 3 is 2.47 bits per heavy atom. The average Bonchev–Trinajstić information content (AvgIpc) is 3.20. The molecule has 0 aliphatic carbocycles. The van der Waals surface area contributed by atoms with E-state index in [1.165, 1.54) is 11.8 Å². The molecular formula is C24H28N4O3S. The molecule has 2 aromatic carbocycles. The van der Waals surface area contributed by atoms with Crippen LogP contribution < -0.4 is 14.4 Å². The second kappa shape index (κ2) is 10.9. The Hall–Kier alpha value is -3.26. The van der Waals surface area contributed by atoms with Crippen LogP contribution in [-0.4, -0.2) is 46.7 Å². The number of rotatable bonds is 10. The second-order valence-electron chi connectivity index (χ2n) is 7.26. The maximum absolute atomic E-state index is 13.1. The number of carbonyl (C=O) groups excluding carboxylic acids is 1. The summed E-state index contributed by atoms with van der Waals surface area (Å²) in [7, 11) is 3.19. The highest BCUT2D eigenvalue weighted by molar-refractivity contribution is 7.99. The normalized spacial score (nSPS) is 10.8. The van der Waals surface area contributed by atoms with Crippen LogP contribution in [0.5, 0.6) is 11.5 Å². The van der Waals surface area contributed by atoms with Gasteiger partial charge in [0.2, 0.25) is 5.91 Å². The van der Waals surface area contributed by atoms with Crippen LogP contribution in [0.25, 0.3) is 11.4 Å². The smallest absolute Gasteiger partial charge is 0.237 e. The minimum Gasteiger partial charge on any atom is -0.493 e. The van der Waals surface area contributed by atoms with E-state index in [1.54, 1.807) is 25.2 Å². The zero-order valence-electron chi connectivity index (χ0n) is 18.8. The number of aromatic nitrogens is 3. The average molecular weight is 453 g/mol. The Bertz CT molecular complexity index is 1070. The van der Waals surface area contributed by atoms with Crippen molar-refractivity contribution in [3.63, 3.8) is 0 Å². The van der Waals surface area contributed by atoms with Crippen LogP contribution in [0.4, 0.5) is 5.69 Å². The molecule has 168 valence electrons. The van der Waals surface area contributed by atoms with E-state index in [4.69, 9.17) is 9.47 Å². The third-order valence-corrected chi connectivity index (χ3v) is 5.77. The summed E-state index contributed by atoms with van der Waals surface area (Å²) >= 11 is 1.36. The van der Waals surface area contributed by atoms with Crippen molar-refractivity contribution in [3.05, 3.63) is 61.2 Å². The minimum atomic E-state index is 0.0111. The molecule has 0 fully saturated rings. The summed E-state index contributed by atoms with van der Waals surface area (Å²) in [6.07, 6.45) is 1.78. The first-order chi connectivity index (χ1) is 15.5. The van der Waals surface area contributed by atoms with Gasteiger partial charge in [0.15, 0.2) is 22.5 Å². The fourth-order valence-corrected chi connectivity index (χ4v) is 4.20. The van der Waals surface area contributed by atoms with E-state index in [0.717, 1.165) is 11.3 Å². The summed E-state index contributed by atoms with van der Waals surface area (Å²) in [6.45, 7) is 8.38. The molecule has 0 aliphatic heterocycles. The Labute approximate surface area is 193 Å². The Morgan fingerprint density at radius 1 is 1.12 bits per heavy atom. The lowest BCUT2D eigenvalue weighted by Crippen LogP contribution is -2.38. The number of para-hydroxylation sites is 1. The van der Waals surface area contributed by atoms with Gasteiger partial charge in [0.05, 0.1) is 20.0 Å². The number of ether oxygens (including phenoxy) is 2. The van der Waals surface area contributed by atoms with Gasteiger partial charge in [-0.15, -0.1) is 16.8 Å². The molecule has 1 aromatic heterocycles. The third-order valence-electron chi connectivity index (χ3n) is 4.81. The van der Waals surface area contributed by atoms with E-state index in [0.29, 0.717) is 29.0 Å². The van der Waals surface area contributed by atoms with Gasteiger partial charge in [-0.1, -0.05) is 36.0 Å². The maximum Gasteiger partial charge on any atom is 0.237 e. The molecule has 32 heavy (non-hydrogen) atoms. The number of carbonyl (C=O) groups is 1. The zero-order chi connectivity index (χ0) is 23.1. The highest BCUT2D eigenvalue weighted by atomic mass is 32.2. The summed E-state index contributed by atoms with van der Waals surface area (Å²) < 4.78 is 12.7. The van der Waals surface area contributed by atoms with Gasteiger partial charge in [0.25, 0.3) is 0 Å². The molecule has 0 unspecified atom stereocenters. The van der Waals surface area contributed by atoms with Crippen LogP contribution in [0.15, 0.2) is 66.3 Å². The standard InChI is InChI=1S/C24H28N4O3S/c1-6-14-27-23(18-12-13-20(30-4)21(15-18)31-5)25-26-24(27)32-16-22(29)28(17(2)3)19-10-8-7-9-11-19/h6-13,15,17H,1,14,16H2,2-5H3. The molecule has 0 atom stereocenters.